The molecule has 1 heterocycles. The number of hydrogen-bond donors (Lipinski definition) is 2. The van der Waals surface area contributed by atoms with Gasteiger partial charge < -0.3 is 11.1 Å². The monoisotopic (exact) mass is 262 g/mol. The van der Waals surface area contributed by atoms with E-state index in [1.165, 1.54) is 5.56 Å². The van der Waals surface area contributed by atoms with Crippen LogP contribution in [0.1, 0.15) is 16.8 Å². The molecule has 0 bridgehead atoms. The molecule has 0 saturated carbocycles. The Morgan fingerprint density at radius 3 is 2.56 bits per heavy atom. The van der Waals surface area contributed by atoms with E-state index in [0.717, 1.165) is 11.3 Å². The number of hydrogen-bond acceptors (Lipinski definition) is 4. The molecule has 2 rings (SSSR count). The van der Waals surface area contributed by atoms with Crippen LogP contribution in [-0.2, 0) is 0 Å². The van der Waals surface area contributed by atoms with E-state index in [0.29, 0.717) is 17.2 Å². The average Bonchev–Trinajstić information content (AvgIpc) is 2.29. The Morgan fingerprint density at radius 2 is 1.89 bits per heavy atom. The lowest BCUT2D eigenvalue weighted by atomic mass is 10.1. The van der Waals surface area contributed by atoms with Gasteiger partial charge in [0.25, 0.3) is 0 Å². The molecule has 3 N–H and O–H groups in total. The SMILES string of the molecule is Cc1ccc(Nc2nc(Cl)nc(C)c2N)c(C)c1. The summed E-state index contributed by atoms with van der Waals surface area (Å²) in [6.07, 6.45) is 0. The van der Waals surface area contributed by atoms with Crippen LogP contribution in [0.5, 0.6) is 0 Å². The zero-order valence-corrected chi connectivity index (χ0v) is 11.3. The summed E-state index contributed by atoms with van der Waals surface area (Å²) in [4.78, 5) is 8.11. The molecular formula is C13H15ClN4. The Labute approximate surface area is 111 Å². The molecule has 0 aliphatic rings. The third kappa shape index (κ3) is 2.54. The summed E-state index contributed by atoms with van der Waals surface area (Å²) in [5.41, 5.74) is 10.4. The van der Waals surface area contributed by atoms with Gasteiger partial charge in [-0.2, -0.15) is 4.98 Å². The molecular weight excluding hydrogens is 248 g/mol. The van der Waals surface area contributed by atoms with Crippen molar-refractivity contribution in [3.05, 3.63) is 40.3 Å². The lowest BCUT2D eigenvalue weighted by Crippen LogP contribution is -2.04. The first-order chi connectivity index (χ1) is 8.47. The zero-order chi connectivity index (χ0) is 13.3. The zero-order valence-electron chi connectivity index (χ0n) is 10.6. The van der Waals surface area contributed by atoms with Gasteiger partial charge in [0.2, 0.25) is 5.28 Å². The van der Waals surface area contributed by atoms with E-state index in [4.69, 9.17) is 17.3 Å². The molecule has 94 valence electrons. The number of nitrogens with two attached hydrogens (primary N) is 1. The average molecular weight is 263 g/mol. The molecule has 0 aliphatic heterocycles. The van der Waals surface area contributed by atoms with Crippen molar-refractivity contribution >= 4 is 28.8 Å². The number of aromatic nitrogens is 2. The van der Waals surface area contributed by atoms with Crippen LogP contribution in [0.4, 0.5) is 17.2 Å². The molecule has 0 fully saturated rings. The summed E-state index contributed by atoms with van der Waals surface area (Å²) in [7, 11) is 0. The molecule has 0 saturated heterocycles. The fraction of sp³-hybridized carbons (Fsp3) is 0.231. The van der Waals surface area contributed by atoms with Gasteiger partial charge in [-0.15, -0.1) is 0 Å². The third-order valence-electron chi connectivity index (χ3n) is 2.74. The van der Waals surface area contributed by atoms with Crippen LogP contribution < -0.4 is 11.1 Å². The molecule has 4 nitrogen and oxygen atoms in total. The minimum Gasteiger partial charge on any atom is -0.394 e. The van der Waals surface area contributed by atoms with Crippen LogP contribution in [-0.4, -0.2) is 9.97 Å². The highest BCUT2D eigenvalue weighted by Crippen LogP contribution is 2.26. The maximum atomic E-state index is 5.93. The smallest absolute Gasteiger partial charge is 0.224 e. The summed E-state index contributed by atoms with van der Waals surface area (Å²) in [5, 5.41) is 3.38. The number of benzene rings is 1. The molecule has 2 aromatic rings. The number of anilines is 3. The van der Waals surface area contributed by atoms with Crippen molar-refractivity contribution in [2.24, 2.45) is 0 Å². The van der Waals surface area contributed by atoms with Gasteiger partial charge in [-0.3, -0.25) is 0 Å². The topological polar surface area (TPSA) is 63.8 Å². The van der Waals surface area contributed by atoms with Gasteiger partial charge in [0.15, 0.2) is 5.82 Å². The summed E-state index contributed by atoms with van der Waals surface area (Å²) in [5.74, 6) is 0.541. The summed E-state index contributed by atoms with van der Waals surface area (Å²) < 4.78 is 0. The number of rotatable bonds is 2. The highest BCUT2D eigenvalue weighted by molar-refractivity contribution is 6.28. The van der Waals surface area contributed by atoms with E-state index in [1.54, 1.807) is 6.92 Å². The van der Waals surface area contributed by atoms with Crippen LogP contribution >= 0.6 is 11.6 Å². The van der Waals surface area contributed by atoms with Crippen LogP contribution in [0.2, 0.25) is 5.28 Å². The Balaban J connectivity index is 2.40. The molecule has 0 unspecified atom stereocenters. The maximum Gasteiger partial charge on any atom is 0.224 e. The van der Waals surface area contributed by atoms with Crippen LogP contribution in [0, 0.1) is 20.8 Å². The minimum atomic E-state index is 0.189. The Bertz CT molecular complexity index is 596. The Kier molecular flexibility index (Phi) is 3.39. The molecule has 18 heavy (non-hydrogen) atoms. The predicted molar refractivity (Wildman–Crippen MR) is 75.4 cm³/mol. The number of nitrogen functional groups attached to an aromatic ring is 1. The molecule has 5 heteroatoms. The van der Waals surface area contributed by atoms with Crippen molar-refractivity contribution in [3.8, 4) is 0 Å². The number of aryl methyl sites for hydroxylation is 3. The van der Waals surface area contributed by atoms with Gasteiger partial charge in [-0.05, 0) is 44.0 Å². The highest BCUT2D eigenvalue weighted by Gasteiger charge is 2.09. The van der Waals surface area contributed by atoms with E-state index < -0.39 is 0 Å². The second kappa shape index (κ2) is 4.82. The lowest BCUT2D eigenvalue weighted by molar-refractivity contribution is 1.11. The normalized spacial score (nSPS) is 10.4. The van der Waals surface area contributed by atoms with E-state index in [1.807, 2.05) is 19.1 Å². The standard InChI is InChI=1S/C13H15ClN4/c1-7-4-5-10(8(2)6-7)17-12-11(15)9(3)16-13(14)18-12/h4-6H,15H2,1-3H3,(H,16,17,18). The van der Waals surface area contributed by atoms with Gasteiger partial charge in [0, 0.05) is 5.69 Å². The van der Waals surface area contributed by atoms with E-state index in [2.05, 4.69) is 28.3 Å². The van der Waals surface area contributed by atoms with Crippen molar-refractivity contribution in [3.63, 3.8) is 0 Å². The van der Waals surface area contributed by atoms with Gasteiger partial charge in [-0.1, -0.05) is 17.7 Å². The van der Waals surface area contributed by atoms with Crippen molar-refractivity contribution in [1.29, 1.82) is 0 Å². The largest absolute Gasteiger partial charge is 0.394 e. The van der Waals surface area contributed by atoms with Gasteiger partial charge in [-0.25, -0.2) is 4.98 Å². The summed E-state index contributed by atoms with van der Waals surface area (Å²) in [6, 6.07) is 6.12. The Hall–Kier alpha value is -1.81. The van der Waals surface area contributed by atoms with Gasteiger partial charge >= 0.3 is 0 Å². The molecule has 0 amide bonds. The van der Waals surface area contributed by atoms with Gasteiger partial charge in [0.1, 0.15) is 0 Å². The molecule has 0 atom stereocenters. The minimum absolute atomic E-state index is 0.189. The Morgan fingerprint density at radius 1 is 1.17 bits per heavy atom. The first-order valence-corrected chi connectivity index (χ1v) is 5.99. The fourth-order valence-electron chi connectivity index (χ4n) is 1.72. The molecule has 0 spiro atoms. The molecule has 0 aliphatic carbocycles. The fourth-order valence-corrected chi connectivity index (χ4v) is 1.94. The van der Waals surface area contributed by atoms with Crippen LogP contribution in [0.15, 0.2) is 18.2 Å². The predicted octanol–water partition coefficient (Wildman–Crippen LogP) is 3.38. The second-order valence-electron chi connectivity index (χ2n) is 4.28. The molecule has 1 aromatic heterocycles. The quantitative estimate of drug-likeness (QED) is 0.815. The number of nitrogens with zero attached hydrogens (tertiary/aromatic N) is 2. The first kappa shape index (κ1) is 12.6. The van der Waals surface area contributed by atoms with E-state index >= 15 is 0 Å². The molecule has 1 aromatic carbocycles. The second-order valence-corrected chi connectivity index (χ2v) is 4.62. The summed E-state index contributed by atoms with van der Waals surface area (Å²) in [6.45, 7) is 5.88. The van der Waals surface area contributed by atoms with Gasteiger partial charge in [0.05, 0.1) is 11.4 Å². The lowest BCUT2D eigenvalue weighted by Gasteiger charge is -2.12. The van der Waals surface area contributed by atoms with Crippen LogP contribution in [0.25, 0.3) is 0 Å². The maximum absolute atomic E-state index is 5.93. The number of nitrogens with one attached hydrogen (secondary N) is 1. The highest BCUT2D eigenvalue weighted by atomic mass is 35.5. The van der Waals surface area contributed by atoms with Crippen molar-refractivity contribution in [2.75, 3.05) is 11.1 Å². The van der Waals surface area contributed by atoms with Crippen molar-refractivity contribution in [2.45, 2.75) is 20.8 Å². The van der Waals surface area contributed by atoms with Crippen LogP contribution in [0.3, 0.4) is 0 Å². The molecule has 0 radical (unpaired) electrons. The first-order valence-electron chi connectivity index (χ1n) is 5.61. The van der Waals surface area contributed by atoms with E-state index in [-0.39, 0.29) is 5.28 Å². The summed E-state index contributed by atoms with van der Waals surface area (Å²) >= 11 is 5.84. The van der Waals surface area contributed by atoms with Crippen molar-refractivity contribution in [1.82, 2.24) is 9.97 Å². The van der Waals surface area contributed by atoms with Crippen molar-refractivity contribution < 1.29 is 0 Å². The number of halogens is 1. The van der Waals surface area contributed by atoms with E-state index in [9.17, 15) is 0 Å². The third-order valence-corrected chi connectivity index (χ3v) is 2.91.